The van der Waals surface area contributed by atoms with E-state index in [4.69, 9.17) is 0 Å². The summed E-state index contributed by atoms with van der Waals surface area (Å²) in [5.41, 5.74) is 1.32. The molecule has 1 unspecified atom stereocenters. The average Bonchev–Trinajstić information content (AvgIpc) is 2.74. The van der Waals surface area contributed by atoms with Gasteiger partial charge in [-0.05, 0) is 45.5 Å². The van der Waals surface area contributed by atoms with Crippen LogP contribution in [0.15, 0.2) is 12.3 Å². The van der Waals surface area contributed by atoms with Crippen molar-refractivity contribution < 1.29 is 0 Å². The maximum atomic E-state index is 4.25. The number of hydrogen-bond donors (Lipinski definition) is 1. The van der Waals surface area contributed by atoms with Crippen LogP contribution in [0.1, 0.15) is 31.4 Å². The van der Waals surface area contributed by atoms with Crippen molar-refractivity contribution in [1.29, 1.82) is 0 Å². The van der Waals surface area contributed by atoms with E-state index in [2.05, 4.69) is 21.4 Å². The third-order valence-corrected chi connectivity index (χ3v) is 3.76. The first-order valence-electron chi connectivity index (χ1n) is 6.67. The number of aromatic nitrogens is 2. The van der Waals surface area contributed by atoms with Crippen LogP contribution in [-0.2, 0) is 13.6 Å². The highest BCUT2D eigenvalue weighted by Crippen LogP contribution is 2.21. The topological polar surface area (TPSA) is 33.1 Å². The number of nitrogens with one attached hydrogen (secondary N) is 1. The predicted octanol–water partition coefficient (Wildman–Crippen LogP) is 1.38. The number of likely N-dealkylation sites (tertiary alicyclic amines) is 1. The fraction of sp³-hybridized carbons (Fsp3) is 0.769. The van der Waals surface area contributed by atoms with Gasteiger partial charge in [-0.1, -0.05) is 6.42 Å². The van der Waals surface area contributed by atoms with Crippen LogP contribution in [0.25, 0.3) is 0 Å². The second-order valence-electron chi connectivity index (χ2n) is 4.96. The number of hydrogen-bond acceptors (Lipinski definition) is 3. The zero-order valence-corrected chi connectivity index (χ0v) is 11.0. The van der Waals surface area contributed by atoms with Gasteiger partial charge in [0, 0.05) is 25.8 Å². The first kappa shape index (κ1) is 12.6. The molecule has 0 amide bonds. The molecule has 4 nitrogen and oxygen atoms in total. The summed E-state index contributed by atoms with van der Waals surface area (Å²) < 4.78 is 1.99. The van der Waals surface area contributed by atoms with Gasteiger partial charge in [0.15, 0.2) is 0 Å². The van der Waals surface area contributed by atoms with Gasteiger partial charge in [0.2, 0.25) is 0 Å². The summed E-state index contributed by atoms with van der Waals surface area (Å²) in [4.78, 5) is 2.62. The van der Waals surface area contributed by atoms with Crippen LogP contribution in [-0.4, -0.2) is 40.9 Å². The molecule has 1 aliphatic rings. The molecule has 1 aliphatic heterocycles. The molecule has 1 atom stereocenters. The summed E-state index contributed by atoms with van der Waals surface area (Å²) in [5.74, 6) is 0. The highest BCUT2D eigenvalue weighted by atomic mass is 15.3. The van der Waals surface area contributed by atoms with Gasteiger partial charge < -0.3 is 5.32 Å². The lowest BCUT2D eigenvalue weighted by Crippen LogP contribution is -2.40. The Morgan fingerprint density at radius 2 is 2.35 bits per heavy atom. The summed E-state index contributed by atoms with van der Waals surface area (Å²) in [6, 6.07) is 2.87. The summed E-state index contributed by atoms with van der Waals surface area (Å²) in [6.45, 7) is 3.40. The number of nitrogens with zero attached hydrogens (tertiary/aromatic N) is 3. The average molecular weight is 236 g/mol. The van der Waals surface area contributed by atoms with Crippen molar-refractivity contribution in [2.45, 2.75) is 38.3 Å². The lowest BCUT2D eigenvalue weighted by molar-refractivity contribution is 0.129. The van der Waals surface area contributed by atoms with E-state index in [0.29, 0.717) is 0 Å². The summed E-state index contributed by atoms with van der Waals surface area (Å²) in [5, 5.41) is 7.51. The minimum atomic E-state index is 0.742. The third-order valence-electron chi connectivity index (χ3n) is 3.76. The molecular weight excluding hydrogens is 212 g/mol. The van der Waals surface area contributed by atoms with E-state index in [1.165, 1.54) is 37.9 Å². The van der Waals surface area contributed by atoms with E-state index in [9.17, 15) is 0 Å². The number of piperidine rings is 1. The Morgan fingerprint density at radius 1 is 1.47 bits per heavy atom. The highest BCUT2D eigenvalue weighted by molar-refractivity contribution is 5.00. The minimum Gasteiger partial charge on any atom is -0.320 e. The Labute approximate surface area is 104 Å². The minimum absolute atomic E-state index is 0.742. The molecule has 1 fully saturated rings. The smallest absolute Gasteiger partial charge is 0.0521 e. The van der Waals surface area contributed by atoms with Crippen LogP contribution >= 0.6 is 0 Å². The quantitative estimate of drug-likeness (QED) is 0.838. The molecule has 0 saturated carbocycles. The van der Waals surface area contributed by atoms with Gasteiger partial charge in [0.05, 0.1) is 5.69 Å². The molecule has 4 heteroatoms. The van der Waals surface area contributed by atoms with Gasteiger partial charge in [-0.3, -0.25) is 9.58 Å². The van der Waals surface area contributed by atoms with Crippen LogP contribution in [0, 0.1) is 0 Å². The van der Waals surface area contributed by atoms with Crippen LogP contribution in [0.4, 0.5) is 0 Å². The van der Waals surface area contributed by atoms with Crippen LogP contribution in [0.3, 0.4) is 0 Å². The van der Waals surface area contributed by atoms with E-state index in [1.807, 2.05) is 25.0 Å². The Kier molecular flexibility index (Phi) is 4.57. The molecule has 0 bridgehead atoms. The van der Waals surface area contributed by atoms with Gasteiger partial charge in [-0.15, -0.1) is 0 Å². The Hall–Kier alpha value is -0.870. The standard InChI is InChI=1S/C13H24N4/c1-14-8-6-12-5-3-4-10-17(12)11-13-7-9-15-16(13)2/h7,9,12,14H,3-6,8,10-11H2,1-2H3. The zero-order chi connectivity index (χ0) is 12.1. The molecule has 1 N–H and O–H groups in total. The van der Waals surface area contributed by atoms with Crippen molar-refractivity contribution in [3.63, 3.8) is 0 Å². The molecular formula is C13H24N4. The Bertz CT molecular complexity index is 334. The van der Waals surface area contributed by atoms with E-state index in [1.54, 1.807) is 0 Å². The predicted molar refractivity (Wildman–Crippen MR) is 69.8 cm³/mol. The Balaban J connectivity index is 1.94. The van der Waals surface area contributed by atoms with Gasteiger partial charge in [0.25, 0.3) is 0 Å². The number of rotatable bonds is 5. The van der Waals surface area contributed by atoms with E-state index >= 15 is 0 Å². The Morgan fingerprint density at radius 3 is 3.06 bits per heavy atom. The largest absolute Gasteiger partial charge is 0.320 e. The zero-order valence-electron chi connectivity index (χ0n) is 11.0. The second-order valence-corrected chi connectivity index (χ2v) is 4.96. The monoisotopic (exact) mass is 236 g/mol. The molecule has 17 heavy (non-hydrogen) atoms. The number of aryl methyl sites for hydroxylation is 1. The first-order chi connectivity index (χ1) is 8.31. The van der Waals surface area contributed by atoms with Gasteiger partial charge >= 0.3 is 0 Å². The van der Waals surface area contributed by atoms with Gasteiger partial charge in [-0.25, -0.2) is 0 Å². The van der Waals surface area contributed by atoms with Crippen molar-refractivity contribution in [2.75, 3.05) is 20.1 Å². The summed E-state index contributed by atoms with van der Waals surface area (Å²) in [6.07, 6.45) is 7.22. The lowest BCUT2D eigenvalue weighted by atomic mass is 9.99. The maximum Gasteiger partial charge on any atom is 0.0521 e. The van der Waals surface area contributed by atoms with E-state index < -0.39 is 0 Å². The summed E-state index contributed by atoms with van der Waals surface area (Å²) >= 11 is 0. The van der Waals surface area contributed by atoms with Crippen LogP contribution in [0.2, 0.25) is 0 Å². The van der Waals surface area contributed by atoms with Gasteiger partial charge in [-0.2, -0.15) is 5.10 Å². The molecule has 0 spiro atoms. The molecule has 0 aliphatic carbocycles. The fourth-order valence-electron chi connectivity index (χ4n) is 2.67. The van der Waals surface area contributed by atoms with Crippen molar-refractivity contribution in [3.05, 3.63) is 18.0 Å². The lowest BCUT2D eigenvalue weighted by Gasteiger charge is -2.35. The van der Waals surface area contributed by atoms with E-state index in [0.717, 1.165) is 19.1 Å². The molecule has 0 radical (unpaired) electrons. The van der Waals surface area contributed by atoms with E-state index in [-0.39, 0.29) is 0 Å². The molecule has 1 aromatic rings. The molecule has 2 heterocycles. The third kappa shape index (κ3) is 3.30. The highest BCUT2D eigenvalue weighted by Gasteiger charge is 2.22. The van der Waals surface area contributed by atoms with Crippen molar-refractivity contribution in [3.8, 4) is 0 Å². The molecule has 0 aromatic carbocycles. The molecule has 1 saturated heterocycles. The van der Waals surface area contributed by atoms with Crippen molar-refractivity contribution in [1.82, 2.24) is 20.0 Å². The molecule has 96 valence electrons. The van der Waals surface area contributed by atoms with Crippen LogP contribution in [0.5, 0.6) is 0 Å². The summed E-state index contributed by atoms with van der Waals surface area (Å²) in [7, 11) is 4.07. The SMILES string of the molecule is CNCCC1CCCCN1Cc1ccnn1C. The maximum absolute atomic E-state index is 4.25. The molecule has 2 rings (SSSR count). The normalized spacial score (nSPS) is 21.9. The van der Waals surface area contributed by atoms with Crippen molar-refractivity contribution >= 4 is 0 Å². The first-order valence-corrected chi connectivity index (χ1v) is 6.67. The van der Waals surface area contributed by atoms with Crippen molar-refractivity contribution in [2.24, 2.45) is 7.05 Å². The van der Waals surface area contributed by atoms with Gasteiger partial charge in [0.1, 0.15) is 0 Å². The fourth-order valence-corrected chi connectivity index (χ4v) is 2.67. The van der Waals surface area contributed by atoms with Crippen LogP contribution < -0.4 is 5.32 Å². The molecule has 1 aromatic heterocycles. The second kappa shape index (κ2) is 6.17.